The van der Waals surface area contributed by atoms with Gasteiger partial charge >= 0.3 is 5.97 Å². The molecule has 4 aliphatic carbocycles. The summed E-state index contributed by atoms with van der Waals surface area (Å²) in [5.74, 6) is -3.34. The molecular weight excluding hydrogens is 624 g/mol. The topological polar surface area (TPSA) is 129 Å². The van der Waals surface area contributed by atoms with Gasteiger partial charge in [-0.25, -0.2) is 4.79 Å². The van der Waals surface area contributed by atoms with Crippen molar-refractivity contribution in [1.29, 1.82) is 0 Å². The molecule has 4 bridgehead atoms. The fourth-order valence-electron chi connectivity index (χ4n) is 10.4. The Labute approximate surface area is 288 Å². The van der Waals surface area contributed by atoms with Crippen LogP contribution in [0.1, 0.15) is 115 Å². The van der Waals surface area contributed by atoms with E-state index in [1.165, 1.54) is 18.6 Å². The molecule has 1 aromatic rings. The van der Waals surface area contributed by atoms with Gasteiger partial charge in [0.2, 0.25) is 0 Å². The molecule has 9 nitrogen and oxygen atoms in total. The van der Waals surface area contributed by atoms with E-state index in [0.29, 0.717) is 23.3 Å². The number of aliphatic carboxylic acids is 1. The number of aromatic hydroxyl groups is 1. The summed E-state index contributed by atoms with van der Waals surface area (Å²) in [4.78, 5) is 42.2. The molecule has 8 unspecified atom stereocenters. The highest BCUT2D eigenvalue weighted by Gasteiger charge is 2.83. The number of benzene rings is 1. The summed E-state index contributed by atoms with van der Waals surface area (Å²) in [5, 5.41) is 22.2. The highest BCUT2D eigenvalue weighted by Crippen LogP contribution is 2.70. The molecule has 8 aliphatic rings. The second-order valence-corrected chi connectivity index (χ2v) is 16.9. The van der Waals surface area contributed by atoms with E-state index >= 15 is 4.79 Å². The average Bonchev–Trinajstić information content (AvgIpc) is 3.00. The number of phenols is 1. The molecule has 4 heterocycles. The summed E-state index contributed by atoms with van der Waals surface area (Å²) in [5.41, 5.74) is -2.91. The van der Waals surface area contributed by atoms with Gasteiger partial charge < -0.3 is 29.2 Å². The second kappa shape index (κ2) is 10.5. The van der Waals surface area contributed by atoms with E-state index in [2.05, 4.69) is 33.4 Å². The molecule has 0 radical (unpaired) electrons. The number of phenolic OH excluding ortho intramolecular Hbond substituents is 1. The number of allylic oxidation sites excluding steroid dienone is 3. The zero-order valence-corrected chi connectivity index (χ0v) is 30.2. The predicted molar refractivity (Wildman–Crippen MR) is 182 cm³/mol. The lowest BCUT2D eigenvalue weighted by Gasteiger charge is -2.72. The SMILES string of the molecule is C=CC(C)(C)c1c2c(c(O)c3c1OC(C)(C)C1CCC(C)=CC31)C(=O)C1C(OCC)C3C(=O)C4(CC=C(C)C(=O)O)OC(C)(C)C3CC14O2. The van der Waals surface area contributed by atoms with Crippen LogP contribution in [0.4, 0.5) is 0 Å². The number of Topliss-reactive ketones (excluding diaryl/α,β-unsaturated/α-hetero) is 2. The van der Waals surface area contributed by atoms with Gasteiger partial charge in [0.05, 0.1) is 23.5 Å². The third-order valence-corrected chi connectivity index (χ3v) is 13.0. The van der Waals surface area contributed by atoms with Gasteiger partial charge in [-0.05, 0) is 67.7 Å². The maximum absolute atomic E-state index is 15.4. The quantitative estimate of drug-likeness (QED) is 0.232. The zero-order chi connectivity index (χ0) is 35.8. The number of ether oxygens (including phenoxy) is 4. The van der Waals surface area contributed by atoms with Crippen molar-refractivity contribution in [1.82, 2.24) is 0 Å². The molecule has 3 saturated carbocycles. The number of hydrogen-bond acceptors (Lipinski definition) is 8. The van der Waals surface area contributed by atoms with Gasteiger partial charge in [0.15, 0.2) is 22.8 Å². The summed E-state index contributed by atoms with van der Waals surface area (Å²) >= 11 is 0. The first kappa shape index (κ1) is 34.0. The maximum atomic E-state index is 15.4. The molecule has 1 spiro atoms. The third kappa shape index (κ3) is 4.27. The maximum Gasteiger partial charge on any atom is 0.330 e. The number of carboxylic acid groups (broad SMARTS) is 1. The first-order valence-electron chi connectivity index (χ1n) is 17.7. The van der Waals surface area contributed by atoms with Crippen LogP contribution in [0.25, 0.3) is 0 Å². The molecule has 4 aliphatic heterocycles. The number of hydrogen-bond donors (Lipinski definition) is 2. The second-order valence-electron chi connectivity index (χ2n) is 16.9. The van der Waals surface area contributed by atoms with Crippen LogP contribution in [-0.4, -0.2) is 62.9 Å². The smallest absolute Gasteiger partial charge is 0.330 e. The van der Waals surface area contributed by atoms with Crippen molar-refractivity contribution < 1.29 is 43.5 Å². The lowest BCUT2D eigenvalue weighted by Crippen LogP contribution is -2.87. The Morgan fingerprint density at radius 1 is 1.12 bits per heavy atom. The molecule has 5 fully saturated rings. The van der Waals surface area contributed by atoms with Crippen LogP contribution < -0.4 is 9.47 Å². The Hall–Kier alpha value is -3.43. The molecule has 8 atom stereocenters. The molecule has 2 N–H and O–H groups in total. The number of carbonyl (C=O) groups excluding carboxylic acids is 2. The third-order valence-electron chi connectivity index (χ3n) is 13.0. The van der Waals surface area contributed by atoms with Gasteiger partial charge in [0.25, 0.3) is 0 Å². The van der Waals surface area contributed by atoms with Crippen LogP contribution in [0.5, 0.6) is 17.2 Å². The summed E-state index contributed by atoms with van der Waals surface area (Å²) in [7, 11) is 0. The van der Waals surface area contributed by atoms with Crippen LogP contribution in [0.3, 0.4) is 0 Å². The van der Waals surface area contributed by atoms with E-state index in [1.54, 1.807) is 6.08 Å². The van der Waals surface area contributed by atoms with Crippen LogP contribution in [-0.2, 0) is 24.5 Å². The summed E-state index contributed by atoms with van der Waals surface area (Å²) < 4.78 is 27.5. The van der Waals surface area contributed by atoms with E-state index < -0.39 is 51.7 Å². The number of rotatable bonds is 7. The molecule has 2 saturated heterocycles. The van der Waals surface area contributed by atoms with Gasteiger partial charge in [0, 0.05) is 52.9 Å². The van der Waals surface area contributed by atoms with Crippen LogP contribution in [0.2, 0.25) is 0 Å². The van der Waals surface area contributed by atoms with Gasteiger partial charge in [-0.3, -0.25) is 9.59 Å². The van der Waals surface area contributed by atoms with E-state index in [-0.39, 0.29) is 65.0 Å². The van der Waals surface area contributed by atoms with Crippen LogP contribution >= 0.6 is 0 Å². The fraction of sp³-hybridized carbons (Fsp3) is 0.625. The van der Waals surface area contributed by atoms with Crippen LogP contribution in [0, 0.1) is 23.7 Å². The Kier molecular flexibility index (Phi) is 7.33. The minimum Gasteiger partial charge on any atom is -0.507 e. The normalized spacial score (nSPS) is 36.4. The Morgan fingerprint density at radius 3 is 2.45 bits per heavy atom. The number of fused-ring (bicyclic) bond motifs is 5. The largest absolute Gasteiger partial charge is 0.507 e. The number of carboxylic acids is 1. The molecule has 49 heavy (non-hydrogen) atoms. The Morgan fingerprint density at radius 2 is 1.82 bits per heavy atom. The van der Waals surface area contributed by atoms with Crippen LogP contribution in [0.15, 0.2) is 36.0 Å². The van der Waals surface area contributed by atoms with Gasteiger partial charge in [-0.1, -0.05) is 37.6 Å². The van der Waals surface area contributed by atoms with E-state index in [9.17, 15) is 19.8 Å². The minimum absolute atomic E-state index is 0.0604. The van der Waals surface area contributed by atoms with E-state index in [0.717, 1.165) is 12.8 Å². The highest BCUT2D eigenvalue weighted by atomic mass is 16.6. The fourth-order valence-corrected chi connectivity index (χ4v) is 10.4. The molecule has 9 heteroatoms. The minimum atomic E-state index is -1.69. The van der Waals surface area contributed by atoms with E-state index in [1.807, 2.05) is 34.6 Å². The number of carbonyl (C=O) groups is 3. The monoisotopic (exact) mass is 674 g/mol. The van der Waals surface area contributed by atoms with Gasteiger partial charge in [-0.2, -0.15) is 0 Å². The Bertz CT molecular complexity index is 1760. The standard InChI is InChI=1S/C40H50O9/c1-11-36(5,6)28-32-24(21-17-19(3)13-14-22(21)37(7,8)47-32)29(41)26-30(42)27-31(46-12-2)25-23-18-40(27,48-33(26)28)39(34(25)43,49-38(23,9)10)16-15-20(4)35(44)45/h11,15,17,21-23,25,27,31,41H,1,12-14,16,18H2,2-10H3,(H,44,45). The van der Waals surface area contributed by atoms with Crippen molar-refractivity contribution in [2.45, 2.75) is 128 Å². The number of ketones is 2. The first-order valence-corrected chi connectivity index (χ1v) is 17.7. The summed E-state index contributed by atoms with van der Waals surface area (Å²) in [6, 6.07) is 0. The first-order chi connectivity index (χ1) is 22.8. The van der Waals surface area contributed by atoms with Gasteiger partial charge in [0.1, 0.15) is 28.4 Å². The van der Waals surface area contributed by atoms with Crippen molar-refractivity contribution in [3.05, 3.63) is 52.6 Å². The van der Waals surface area contributed by atoms with Crippen molar-refractivity contribution in [2.24, 2.45) is 23.7 Å². The predicted octanol–water partition coefficient (Wildman–Crippen LogP) is 6.99. The molecule has 264 valence electrons. The van der Waals surface area contributed by atoms with Crippen molar-refractivity contribution >= 4 is 17.5 Å². The average molecular weight is 675 g/mol. The molecule has 0 aromatic heterocycles. The lowest BCUT2D eigenvalue weighted by molar-refractivity contribution is -0.347. The molecule has 0 amide bonds. The lowest BCUT2D eigenvalue weighted by atomic mass is 9.42. The van der Waals surface area contributed by atoms with E-state index in [4.69, 9.17) is 18.9 Å². The van der Waals surface area contributed by atoms with Gasteiger partial charge in [-0.15, -0.1) is 6.58 Å². The summed E-state index contributed by atoms with van der Waals surface area (Å²) in [6.07, 6.45) is 6.71. The van der Waals surface area contributed by atoms with Crippen molar-refractivity contribution in [2.75, 3.05) is 6.61 Å². The Balaban J connectivity index is 1.56. The molecule has 1 aromatic carbocycles. The molecular formula is C40H50O9. The molecule has 9 rings (SSSR count). The zero-order valence-electron chi connectivity index (χ0n) is 30.2. The van der Waals surface area contributed by atoms with Crippen molar-refractivity contribution in [3.8, 4) is 17.2 Å². The summed E-state index contributed by atoms with van der Waals surface area (Å²) in [6.45, 7) is 21.8. The highest BCUT2D eigenvalue weighted by molar-refractivity contribution is 6.10. The van der Waals surface area contributed by atoms with Crippen molar-refractivity contribution in [3.63, 3.8) is 0 Å².